The number of rotatable bonds is 6. The van der Waals surface area contributed by atoms with Gasteiger partial charge in [-0.25, -0.2) is 0 Å². The van der Waals surface area contributed by atoms with Crippen molar-refractivity contribution < 1.29 is 19.2 Å². The van der Waals surface area contributed by atoms with Gasteiger partial charge in [0.1, 0.15) is 5.75 Å². The number of nitrogens with one attached hydrogen (secondary N) is 2. The first-order valence-corrected chi connectivity index (χ1v) is 8.03. The van der Waals surface area contributed by atoms with Crippen LogP contribution >= 0.6 is 0 Å². The molecule has 0 heterocycles. The van der Waals surface area contributed by atoms with Crippen molar-refractivity contribution in [2.75, 3.05) is 12.4 Å². The summed E-state index contributed by atoms with van der Waals surface area (Å²) in [6, 6.07) is 10.5. The Morgan fingerprint density at radius 3 is 2.50 bits per heavy atom. The van der Waals surface area contributed by atoms with Crippen LogP contribution in [0.5, 0.6) is 5.75 Å². The number of benzene rings is 2. The van der Waals surface area contributed by atoms with Gasteiger partial charge in [-0.05, 0) is 31.0 Å². The molecule has 2 N–H and O–H groups in total. The molecule has 134 valence electrons. The van der Waals surface area contributed by atoms with Crippen LogP contribution in [0.25, 0.3) is 0 Å². The lowest BCUT2D eigenvalue weighted by atomic mass is 10.1. The largest absolute Gasteiger partial charge is 0.496 e. The van der Waals surface area contributed by atoms with Crippen LogP contribution in [-0.4, -0.2) is 29.9 Å². The average molecular weight is 355 g/mol. The molecule has 1 fully saturated rings. The molecule has 0 aromatic heterocycles. The van der Waals surface area contributed by atoms with Crippen LogP contribution in [0, 0.1) is 10.1 Å². The highest BCUT2D eigenvalue weighted by Gasteiger charge is 2.25. The summed E-state index contributed by atoms with van der Waals surface area (Å²) >= 11 is 0. The molecule has 2 aromatic carbocycles. The maximum atomic E-state index is 12.6. The highest BCUT2D eigenvalue weighted by molar-refractivity contribution is 6.10. The third-order valence-corrected chi connectivity index (χ3v) is 3.97. The molecule has 8 nitrogen and oxygen atoms in total. The van der Waals surface area contributed by atoms with Crippen LogP contribution in [-0.2, 0) is 0 Å². The summed E-state index contributed by atoms with van der Waals surface area (Å²) < 4.78 is 5.11. The molecule has 0 unspecified atom stereocenters. The van der Waals surface area contributed by atoms with Crippen LogP contribution in [0.4, 0.5) is 11.4 Å². The van der Waals surface area contributed by atoms with Crippen molar-refractivity contribution in [1.82, 2.24) is 5.32 Å². The number of nitro groups is 1. The fraction of sp³-hybridized carbons (Fsp3) is 0.222. The Labute approximate surface area is 149 Å². The van der Waals surface area contributed by atoms with Gasteiger partial charge in [-0.2, -0.15) is 0 Å². The number of hydrogen-bond acceptors (Lipinski definition) is 5. The van der Waals surface area contributed by atoms with E-state index in [1.54, 1.807) is 24.3 Å². The van der Waals surface area contributed by atoms with Gasteiger partial charge < -0.3 is 15.4 Å². The van der Waals surface area contributed by atoms with E-state index in [9.17, 15) is 19.7 Å². The lowest BCUT2D eigenvalue weighted by molar-refractivity contribution is -0.384. The van der Waals surface area contributed by atoms with E-state index in [0.717, 1.165) is 18.9 Å². The number of nitro benzene ring substituents is 1. The molecule has 0 atom stereocenters. The first kappa shape index (κ1) is 17.4. The summed E-state index contributed by atoms with van der Waals surface area (Å²) in [5.74, 6) is -0.667. The normalized spacial score (nSPS) is 13.0. The Kier molecular flexibility index (Phi) is 4.83. The van der Waals surface area contributed by atoms with E-state index in [1.165, 1.54) is 19.2 Å². The molecule has 0 aliphatic heterocycles. The Morgan fingerprint density at radius 1 is 1.12 bits per heavy atom. The molecule has 0 saturated heterocycles. The minimum Gasteiger partial charge on any atom is -0.496 e. The lowest BCUT2D eigenvalue weighted by Gasteiger charge is -2.12. The van der Waals surface area contributed by atoms with Crippen LogP contribution in [0.15, 0.2) is 42.5 Å². The van der Waals surface area contributed by atoms with Crippen molar-refractivity contribution in [3.8, 4) is 5.75 Å². The van der Waals surface area contributed by atoms with Gasteiger partial charge in [0.05, 0.1) is 28.8 Å². The number of ether oxygens (including phenoxy) is 1. The van der Waals surface area contributed by atoms with Gasteiger partial charge in [0.25, 0.3) is 17.5 Å². The fourth-order valence-electron chi connectivity index (χ4n) is 2.46. The molecule has 1 saturated carbocycles. The molecule has 3 rings (SSSR count). The summed E-state index contributed by atoms with van der Waals surface area (Å²) in [7, 11) is 1.37. The summed E-state index contributed by atoms with van der Waals surface area (Å²) in [4.78, 5) is 35.3. The van der Waals surface area contributed by atoms with Gasteiger partial charge >= 0.3 is 0 Å². The van der Waals surface area contributed by atoms with Crippen molar-refractivity contribution >= 4 is 23.2 Å². The number of non-ortho nitro benzene ring substituents is 1. The predicted octanol–water partition coefficient (Wildman–Crippen LogP) is 2.75. The van der Waals surface area contributed by atoms with Gasteiger partial charge in [0.2, 0.25) is 0 Å². The number of nitrogens with zero attached hydrogens (tertiary/aromatic N) is 1. The maximum Gasteiger partial charge on any atom is 0.270 e. The molecule has 26 heavy (non-hydrogen) atoms. The molecule has 1 aliphatic rings. The second-order valence-corrected chi connectivity index (χ2v) is 5.89. The van der Waals surface area contributed by atoms with Crippen LogP contribution in [0.3, 0.4) is 0 Å². The van der Waals surface area contributed by atoms with E-state index in [-0.39, 0.29) is 28.9 Å². The zero-order valence-corrected chi connectivity index (χ0v) is 14.0. The van der Waals surface area contributed by atoms with Crippen molar-refractivity contribution in [3.63, 3.8) is 0 Å². The number of hydrogen-bond donors (Lipinski definition) is 2. The molecule has 2 aromatic rings. The Hall–Kier alpha value is -3.42. The molecule has 0 spiro atoms. The van der Waals surface area contributed by atoms with Crippen LogP contribution in [0.2, 0.25) is 0 Å². The van der Waals surface area contributed by atoms with Crippen LogP contribution < -0.4 is 15.4 Å². The van der Waals surface area contributed by atoms with Gasteiger partial charge in [-0.3, -0.25) is 19.7 Å². The Balaban J connectivity index is 1.87. The number of anilines is 1. The maximum absolute atomic E-state index is 12.6. The fourth-order valence-corrected chi connectivity index (χ4v) is 2.46. The monoisotopic (exact) mass is 355 g/mol. The van der Waals surface area contributed by atoms with Gasteiger partial charge in [0.15, 0.2) is 0 Å². The first-order valence-electron chi connectivity index (χ1n) is 8.03. The molecule has 0 radical (unpaired) electrons. The minimum atomic E-state index is -0.600. The van der Waals surface area contributed by atoms with Crippen molar-refractivity contribution in [2.24, 2.45) is 0 Å². The van der Waals surface area contributed by atoms with Gasteiger partial charge in [0, 0.05) is 18.2 Å². The molecular weight excluding hydrogens is 338 g/mol. The van der Waals surface area contributed by atoms with Gasteiger partial charge in [-0.15, -0.1) is 0 Å². The molecule has 8 heteroatoms. The van der Waals surface area contributed by atoms with Crippen molar-refractivity contribution in [2.45, 2.75) is 18.9 Å². The predicted molar refractivity (Wildman–Crippen MR) is 94.5 cm³/mol. The topological polar surface area (TPSA) is 111 Å². The highest BCUT2D eigenvalue weighted by Crippen LogP contribution is 2.26. The lowest BCUT2D eigenvalue weighted by Crippen LogP contribution is -2.27. The number of methoxy groups -OCH3 is 1. The highest BCUT2D eigenvalue weighted by atomic mass is 16.6. The van der Waals surface area contributed by atoms with E-state index in [2.05, 4.69) is 10.6 Å². The zero-order valence-electron chi connectivity index (χ0n) is 14.0. The summed E-state index contributed by atoms with van der Waals surface area (Å²) in [5, 5.41) is 16.5. The Bertz CT molecular complexity index is 877. The third kappa shape index (κ3) is 3.80. The molecule has 0 bridgehead atoms. The molecule has 1 aliphatic carbocycles. The van der Waals surface area contributed by atoms with E-state index in [1.807, 2.05) is 0 Å². The van der Waals surface area contributed by atoms with E-state index in [0.29, 0.717) is 11.3 Å². The summed E-state index contributed by atoms with van der Waals surface area (Å²) in [6.45, 7) is 0. The number of carbonyl (C=O) groups excluding carboxylic acids is 2. The standard InChI is InChI=1S/C18H17N3O5/c1-26-16-9-8-12(21(24)25)10-14(16)18(23)20-15-5-3-2-4-13(15)17(22)19-11-6-7-11/h2-5,8-11H,6-7H2,1H3,(H,19,22)(H,20,23). The number of carbonyl (C=O) groups is 2. The van der Waals surface area contributed by atoms with E-state index < -0.39 is 10.8 Å². The summed E-state index contributed by atoms with van der Waals surface area (Å²) in [5.41, 5.74) is 0.441. The SMILES string of the molecule is COc1ccc([N+](=O)[O-])cc1C(=O)Nc1ccccc1C(=O)NC1CC1. The quantitative estimate of drug-likeness (QED) is 0.611. The molecule has 2 amide bonds. The van der Waals surface area contributed by atoms with Crippen LogP contribution in [0.1, 0.15) is 33.6 Å². The van der Waals surface area contributed by atoms with Gasteiger partial charge in [-0.1, -0.05) is 12.1 Å². The second-order valence-electron chi connectivity index (χ2n) is 5.89. The first-order chi connectivity index (χ1) is 12.5. The summed E-state index contributed by atoms with van der Waals surface area (Å²) in [6.07, 6.45) is 1.90. The molecular formula is C18H17N3O5. The van der Waals surface area contributed by atoms with Crippen molar-refractivity contribution in [1.29, 1.82) is 0 Å². The Morgan fingerprint density at radius 2 is 1.85 bits per heavy atom. The zero-order chi connectivity index (χ0) is 18.7. The van der Waals surface area contributed by atoms with Crippen molar-refractivity contribution in [3.05, 3.63) is 63.7 Å². The number of para-hydroxylation sites is 1. The van der Waals surface area contributed by atoms with E-state index in [4.69, 9.17) is 4.74 Å². The smallest absolute Gasteiger partial charge is 0.270 e. The minimum absolute atomic E-state index is 0.0131. The third-order valence-electron chi connectivity index (χ3n) is 3.97. The van der Waals surface area contributed by atoms with E-state index >= 15 is 0 Å². The number of amides is 2. The average Bonchev–Trinajstić information content (AvgIpc) is 3.45. The second kappa shape index (κ2) is 7.22.